The van der Waals surface area contributed by atoms with Crippen molar-refractivity contribution in [1.82, 2.24) is 10.3 Å². The molecule has 0 aliphatic carbocycles. The minimum Gasteiger partial charge on any atom is -0.475 e. The van der Waals surface area contributed by atoms with Gasteiger partial charge < -0.3 is 10.1 Å². The number of rotatable bonds is 5. The molecule has 1 aromatic rings. The molecular formula is C11H18N2O. The van der Waals surface area contributed by atoms with Crippen LogP contribution in [0.1, 0.15) is 19.4 Å². The summed E-state index contributed by atoms with van der Waals surface area (Å²) in [6.07, 6.45) is 2.89. The third kappa shape index (κ3) is 3.34. The summed E-state index contributed by atoms with van der Waals surface area (Å²) in [6.45, 7) is 4.97. The quantitative estimate of drug-likeness (QED) is 0.773. The molecular weight excluding hydrogens is 176 g/mol. The van der Waals surface area contributed by atoms with Crippen molar-refractivity contribution in [2.75, 3.05) is 13.6 Å². The van der Waals surface area contributed by atoms with E-state index >= 15 is 0 Å². The molecule has 0 aromatic carbocycles. The number of likely N-dealkylation sites (N-methyl/N-ethyl adjacent to an activating group) is 1. The number of nitrogens with zero attached hydrogens (tertiary/aromatic N) is 1. The highest BCUT2D eigenvalue weighted by Crippen LogP contribution is 2.15. The molecule has 14 heavy (non-hydrogen) atoms. The van der Waals surface area contributed by atoms with Gasteiger partial charge in [-0.05, 0) is 39.9 Å². The minimum atomic E-state index is 0.179. The number of hydrogen-bond donors (Lipinski definition) is 1. The lowest BCUT2D eigenvalue weighted by Crippen LogP contribution is -2.13. The highest BCUT2D eigenvalue weighted by molar-refractivity contribution is 5.25. The molecule has 1 heterocycles. The van der Waals surface area contributed by atoms with Gasteiger partial charge in [0.1, 0.15) is 0 Å². The molecule has 0 bridgehead atoms. The van der Waals surface area contributed by atoms with Crippen LogP contribution >= 0.6 is 0 Å². The van der Waals surface area contributed by atoms with Gasteiger partial charge in [-0.2, -0.15) is 0 Å². The highest BCUT2D eigenvalue weighted by atomic mass is 16.5. The molecule has 0 atom stereocenters. The molecule has 0 saturated carbocycles. The van der Waals surface area contributed by atoms with Crippen molar-refractivity contribution < 1.29 is 4.74 Å². The zero-order chi connectivity index (χ0) is 10.4. The number of nitrogens with one attached hydrogen (secondary N) is 1. The highest BCUT2D eigenvalue weighted by Gasteiger charge is 2.05. The maximum absolute atomic E-state index is 5.60. The average Bonchev–Trinajstić information content (AvgIpc) is 2.16. The van der Waals surface area contributed by atoms with Crippen LogP contribution in [0.25, 0.3) is 0 Å². The Morgan fingerprint density at radius 1 is 1.50 bits per heavy atom. The molecule has 0 spiro atoms. The zero-order valence-electron chi connectivity index (χ0n) is 9.08. The Labute approximate surface area is 85.5 Å². The largest absolute Gasteiger partial charge is 0.475 e. The fourth-order valence-corrected chi connectivity index (χ4v) is 1.20. The summed E-state index contributed by atoms with van der Waals surface area (Å²) in [4.78, 5) is 4.22. The Balaban J connectivity index is 2.69. The molecule has 0 amide bonds. The number of hydrogen-bond acceptors (Lipinski definition) is 3. The molecule has 0 aliphatic rings. The van der Waals surface area contributed by atoms with Gasteiger partial charge in [0.25, 0.3) is 0 Å². The maximum Gasteiger partial charge on any atom is 0.216 e. The van der Waals surface area contributed by atoms with Gasteiger partial charge in [-0.3, -0.25) is 0 Å². The van der Waals surface area contributed by atoms with Crippen molar-refractivity contribution in [3.63, 3.8) is 0 Å². The normalized spacial score (nSPS) is 10.6. The summed E-state index contributed by atoms with van der Waals surface area (Å²) < 4.78 is 5.60. The van der Waals surface area contributed by atoms with Crippen molar-refractivity contribution >= 4 is 0 Å². The second-order valence-corrected chi connectivity index (χ2v) is 3.49. The molecule has 3 nitrogen and oxygen atoms in total. The minimum absolute atomic E-state index is 0.179. The Bertz CT molecular complexity index is 274. The molecule has 78 valence electrons. The molecule has 0 aliphatic heterocycles. The first-order valence-corrected chi connectivity index (χ1v) is 4.99. The predicted octanol–water partition coefficient (Wildman–Crippen LogP) is 1.63. The van der Waals surface area contributed by atoms with E-state index in [1.165, 1.54) is 0 Å². The van der Waals surface area contributed by atoms with Crippen LogP contribution in [-0.4, -0.2) is 24.7 Å². The summed E-state index contributed by atoms with van der Waals surface area (Å²) in [7, 11) is 1.94. The Morgan fingerprint density at radius 2 is 2.29 bits per heavy atom. The van der Waals surface area contributed by atoms with Gasteiger partial charge in [0.15, 0.2) is 0 Å². The first kappa shape index (κ1) is 11.0. The van der Waals surface area contributed by atoms with Crippen LogP contribution in [0.5, 0.6) is 5.88 Å². The molecule has 0 fully saturated rings. The summed E-state index contributed by atoms with van der Waals surface area (Å²) >= 11 is 0. The van der Waals surface area contributed by atoms with Gasteiger partial charge >= 0.3 is 0 Å². The number of aromatic nitrogens is 1. The summed E-state index contributed by atoms with van der Waals surface area (Å²) in [5, 5.41) is 3.11. The second-order valence-electron chi connectivity index (χ2n) is 3.49. The van der Waals surface area contributed by atoms with Gasteiger partial charge in [-0.15, -0.1) is 0 Å². The van der Waals surface area contributed by atoms with Crippen LogP contribution in [-0.2, 0) is 6.42 Å². The lowest BCUT2D eigenvalue weighted by Gasteiger charge is -2.12. The van der Waals surface area contributed by atoms with Crippen molar-refractivity contribution in [3.8, 4) is 5.88 Å². The van der Waals surface area contributed by atoms with E-state index in [2.05, 4.69) is 16.4 Å². The van der Waals surface area contributed by atoms with E-state index in [1.54, 1.807) is 6.20 Å². The van der Waals surface area contributed by atoms with Gasteiger partial charge in [-0.25, -0.2) is 4.98 Å². The van der Waals surface area contributed by atoms with Crippen molar-refractivity contribution in [2.45, 2.75) is 26.4 Å². The zero-order valence-corrected chi connectivity index (χ0v) is 9.08. The van der Waals surface area contributed by atoms with Crippen molar-refractivity contribution in [1.29, 1.82) is 0 Å². The molecule has 0 radical (unpaired) electrons. The third-order valence-corrected chi connectivity index (χ3v) is 1.84. The lowest BCUT2D eigenvalue weighted by atomic mass is 10.2. The van der Waals surface area contributed by atoms with Gasteiger partial charge in [-0.1, -0.05) is 6.07 Å². The Morgan fingerprint density at radius 3 is 2.93 bits per heavy atom. The Kier molecular flexibility index (Phi) is 4.40. The standard InChI is InChI=1S/C11H18N2O/c1-9(2)14-11-10(6-8-12-3)5-4-7-13-11/h4-5,7,9,12H,6,8H2,1-3H3. The van der Waals surface area contributed by atoms with E-state index in [-0.39, 0.29) is 6.10 Å². The van der Waals surface area contributed by atoms with Crippen LogP contribution in [0.2, 0.25) is 0 Å². The average molecular weight is 194 g/mol. The summed E-state index contributed by atoms with van der Waals surface area (Å²) in [5.74, 6) is 0.762. The first-order valence-electron chi connectivity index (χ1n) is 4.99. The van der Waals surface area contributed by atoms with E-state index in [9.17, 15) is 0 Å². The van der Waals surface area contributed by atoms with Crippen LogP contribution in [0.15, 0.2) is 18.3 Å². The van der Waals surface area contributed by atoms with E-state index in [0.29, 0.717) is 0 Å². The molecule has 1 N–H and O–H groups in total. The summed E-state index contributed by atoms with van der Waals surface area (Å²) in [6, 6.07) is 4.00. The fraction of sp³-hybridized carbons (Fsp3) is 0.545. The van der Waals surface area contributed by atoms with Crippen molar-refractivity contribution in [3.05, 3.63) is 23.9 Å². The van der Waals surface area contributed by atoms with E-state index in [4.69, 9.17) is 4.74 Å². The topological polar surface area (TPSA) is 34.2 Å². The molecule has 0 unspecified atom stereocenters. The second kappa shape index (κ2) is 5.60. The maximum atomic E-state index is 5.60. The molecule has 1 rings (SSSR count). The first-order chi connectivity index (χ1) is 6.74. The smallest absolute Gasteiger partial charge is 0.216 e. The van der Waals surface area contributed by atoms with Gasteiger partial charge in [0.05, 0.1) is 6.10 Å². The Hall–Kier alpha value is -1.09. The van der Waals surface area contributed by atoms with Crippen LogP contribution in [0.4, 0.5) is 0 Å². The van der Waals surface area contributed by atoms with E-state index in [1.807, 2.05) is 27.0 Å². The molecule has 3 heteroatoms. The number of ether oxygens (including phenoxy) is 1. The van der Waals surface area contributed by atoms with E-state index < -0.39 is 0 Å². The number of pyridine rings is 1. The van der Waals surface area contributed by atoms with Crippen LogP contribution < -0.4 is 10.1 Å². The fourth-order valence-electron chi connectivity index (χ4n) is 1.20. The van der Waals surface area contributed by atoms with Crippen molar-refractivity contribution in [2.24, 2.45) is 0 Å². The van der Waals surface area contributed by atoms with E-state index in [0.717, 1.165) is 24.4 Å². The SMILES string of the molecule is CNCCc1cccnc1OC(C)C. The third-order valence-electron chi connectivity index (χ3n) is 1.84. The molecule has 0 saturated heterocycles. The van der Waals surface area contributed by atoms with Gasteiger partial charge in [0, 0.05) is 11.8 Å². The summed E-state index contributed by atoms with van der Waals surface area (Å²) in [5.41, 5.74) is 1.16. The lowest BCUT2D eigenvalue weighted by molar-refractivity contribution is 0.230. The molecule has 1 aromatic heterocycles. The van der Waals surface area contributed by atoms with Gasteiger partial charge in [0.2, 0.25) is 5.88 Å². The monoisotopic (exact) mass is 194 g/mol. The predicted molar refractivity (Wildman–Crippen MR) is 57.6 cm³/mol. The van der Waals surface area contributed by atoms with Crippen LogP contribution in [0, 0.1) is 0 Å². The van der Waals surface area contributed by atoms with Crippen LogP contribution in [0.3, 0.4) is 0 Å².